The first-order valence-electron chi connectivity index (χ1n) is 13.8. The lowest BCUT2D eigenvalue weighted by atomic mass is 9.89. The zero-order valence-corrected chi connectivity index (χ0v) is 24.3. The van der Waals surface area contributed by atoms with Crippen LogP contribution in [0.15, 0.2) is 72.8 Å². The minimum absolute atomic E-state index is 0.0769. The Labute approximate surface area is 241 Å². The number of carbonyl (C=O) groups is 2. The summed E-state index contributed by atoms with van der Waals surface area (Å²) in [6, 6.07) is 21.7. The summed E-state index contributed by atoms with van der Waals surface area (Å²) in [5.74, 6) is 0.404. The summed E-state index contributed by atoms with van der Waals surface area (Å²) in [4.78, 5) is 32.4. The van der Waals surface area contributed by atoms with E-state index in [9.17, 15) is 14.7 Å². The predicted octanol–water partition coefficient (Wildman–Crippen LogP) is 5.95. The number of nitrogens with zero attached hydrogens (tertiary/aromatic N) is 3. The van der Waals surface area contributed by atoms with Gasteiger partial charge in [0.1, 0.15) is 18.5 Å². The van der Waals surface area contributed by atoms with Gasteiger partial charge in [-0.1, -0.05) is 43.6 Å². The summed E-state index contributed by atoms with van der Waals surface area (Å²) in [5.41, 5.74) is 3.01. The van der Waals surface area contributed by atoms with Crippen LogP contribution in [0.4, 0.5) is 11.4 Å². The first-order chi connectivity index (χ1) is 19.2. The van der Waals surface area contributed by atoms with E-state index in [1.54, 1.807) is 48.2 Å². The molecule has 0 fully saturated rings. The van der Waals surface area contributed by atoms with Crippen molar-refractivity contribution in [2.45, 2.75) is 52.3 Å². The number of aliphatic hydroxyl groups is 1. The van der Waals surface area contributed by atoms with E-state index in [1.165, 1.54) is 0 Å². The van der Waals surface area contributed by atoms with Gasteiger partial charge in [0.05, 0.1) is 6.04 Å². The highest BCUT2D eigenvalue weighted by atomic mass is 35.5. The Hall–Kier alpha value is -3.39. The molecule has 3 aromatic carbocycles. The van der Waals surface area contributed by atoms with E-state index in [0.717, 1.165) is 30.0 Å². The second-order valence-corrected chi connectivity index (χ2v) is 10.6. The van der Waals surface area contributed by atoms with Gasteiger partial charge in [0.15, 0.2) is 0 Å². The normalized spacial score (nSPS) is 17.3. The molecule has 3 atom stereocenters. The maximum Gasteiger partial charge on any atom is 0.258 e. The van der Waals surface area contributed by atoms with Crippen molar-refractivity contribution in [1.82, 2.24) is 4.90 Å². The van der Waals surface area contributed by atoms with Gasteiger partial charge in [-0.05, 0) is 86.6 Å². The van der Waals surface area contributed by atoms with E-state index < -0.39 is 6.10 Å². The summed E-state index contributed by atoms with van der Waals surface area (Å²) < 4.78 is 5.78. The highest BCUT2D eigenvalue weighted by molar-refractivity contribution is 6.30. The van der Waals surface area contributed by atoms with Gasteiger partial charge in [-0.3, -0.25) is 9.59 Å². The fraction of sp³-hybridized carbons (Fsp3) is 0.375. The van der Waals surface area contributed by atoms with Crippen molar-refractivity contribution in [2.75, 3.05) is 36.0 Å². The Balaban J connectivity index is 1.53. The molecular formula is C32H38ClN3O4. The molecule has 0 saturated carbocycles. The Morgan fingerprint density at radius 2 is 1.68 bits per heavy atom. The summed E-state index contributed by atoms with van der Waals surface area (Å²) in [5, 5.41) is 10.9. The van der Waals surface area contributed by atoms with Crippen LogP contribution >= 0.6 is 11.6 Å². The van der Waals surface area contributed by atoms with Crippen LogP contribution in [0, 0.1) is 0 Å². The molecule has 40 heavy (non-hydrogen) atoms. The lowest BCUT2D eigenvalue weighted by Crippen LogP contribution is -2.47. The fourth-order valence-electron chi connectivity index (χ4n) is 5.38. The number of aliphatic hydroxyl groups excluding tert-OH is 1. The summed E-state index contributed by atoms with van der Waals surface area (Å²) in [7, 11) is 0. The number of amides is 2. The second kappa shape index (κ2) is 13.3. The summed E-state index contributed by atoms with van der Waals surface area (Å²) >= 11 is 6.10. The van der Waals surface area contributed by atoms with Gasteiger partial charge in [0.2, 0.25) is 5.91 Å². The molecule has 4 rings (SSSR count). The molecule has 0 radical (unpaired) electrons. The monoisotopic (exact) mass is 563 g/mol. The molecule has 7 nitrogen and oxygen atoms in total. The topological polar surface area (TPSA) is 73.3 Å². The van der Waals surface area contributed by atoms with Gasteiger partial charge in [0, 0.05) is 41.5 Å². The van der Waals surface area contributed by atoms with Crippen molar-refractivity contribution in [3.8, 4) is 5.75 Å². The van der Waals surface area contributed by atoms with Crippen LogP contribution in [0.5, 0.6) is 5.75 Å². The Kier molecular flexibility index (Phi) is 9.85. The van der Waals surface area contributed by atoms with Crippen molar-refractivity contribution < 1.29 is 19.4 Å². The van der Waals surface area contributed by atoms with Crippen molar-refractivity contribution in [3.63, 3.8) is 0 Å². The largest absolute Gasteiger partial charge is 0.491 e. The SMILES string of the molecule is CCN(CC)CC(O)COc1ccc(C(=O)N2c3ccccc3C(N(C(C)=O)c3ccc(Cl)cc3)CC2C)cc1. The molecular weight excluding hydrogens is 526 g/mol. The molecule has 1 aliphatic heterocycles. The van der Waals surface area contributed by atoms with Gasteiger partial charge in [-0.25, -0.2) is 0 Å². The van der Waals surface area contributed by atoms with Crippen LogP contribution in [0.3, 0.4) is 0 Å². The van der Waals surface area contributed by atoms with E-state index in [-0.39, 0.29) is 30.5 Å². The van der Waals surface area contributed by atoms with Gasteiger partial charge >= 0.3 is 0 Å². The number of hydrogen-bond donors (Lipinski definition) is 1. The summed E-state index contributed by atoms with van der Waals surface area (Å²) in [6.45, 7) is 10.2. The predicted molar refractivity (Wildman–Crippen MR) is 160 cm³/mol. The van der Waals surface area contributed by atoms with E-state index in [1.807, 2.05) is 48.2 Å². The molecule has 3 unspecified atom stereocenters. The number of rotatable bonds is 10. The first-order valence-corrected chi connectivity index (χ1v) is 14.2. The van der Waals surface area contributed by atoms with Crippen molar-refractivity contribution in [2.24, 2.45) is 0 Å². The lowest BCUT2D eigenvalue weighted by molar-refractivity contribution is -0.117. The van der Waals surface area contributed by atoms with Gasteiger partial charge in [-0.2, -0.15) is 0 Å². The molecule has 3 aromatic rings. The molecule has 212 valence electrons. The smallest absolute Gasteiger partial charge is 0.258 e. The van der Waals surface area contributed by atoms with Crippen molar-refractivity contribution >= 4 is 34.8 Å². The van der Waals surface area contributed by atoms with E-state index >= 15 is 0 Å². The van der Waals surface area contributed by atoms with E-state index in [0.29, 0.717) is 29.3 Å². The van der Waals surface area contributed by atoms with Crippen molar-refractivity contribution in [3.05, 3.63) is 88.9 Å². The van der Waals surface area contributed by atoms with Crippen LogP contribution in [-0.4, -0.2) is 60.2 Å². The quantitative estimate of drug-likeness (QED) is 0.330. The van der Waals surface area contributed by atoms with Crippen molar-refractivity contribution in [1.29, 1.82) is 0 Å². The van der Waals surface area contributed by atoms with E-state index in [4.69, 9.17) is 16.3 Å². The first kappa shape index (κ1) is 29.6. The number of fused-ring (bicyclic) bond motifs is 1. The molecule has 2 amide bonds. The average molecular weight is 564 g/mol. The fourth-order valence-corrected chi connectivity index (χ4v) is 5.50. The zero-order chi connectivity index (χ0) is 28.8. The molecule has 8 heteroatoms. The Morgan fingerprint density at radius 3 is 2.30 bits per heavy atom. The minimum atomic E-state index is -0.595. The van der Waals surface area contributed by atoms with Crippen LogP contribution in [-0.2, 0) is 4.79 Å². The maximum absolute atomic E-state index is 13.8. The van der Waals surface area contributed by atoms with Crippen LogP contribution < -0.4 is 14.5 Å². The number of halogens is 1. The number of carbonyl (C=O) groups excluding carboxylic acids is 2. The third-order valence-electron chi connectivity index (χ3n) is 7.44. The molecule has 0 aliphatic carbocycles. The minimum Gasteiger partial charge on any atom is -0.491 e. The van der Waals surface area contributed by atoms with E-state index in [2.05, 4.69) is 18.7 Å². The molecule has 0 spiro atoms. The highest BCUT2D eigenvalue weighted by Gasteiger charge is 2.38. The summed E-state index contributed by atoms with van der Waals surface area (Å²) in [6.07, 6.45) is -0.0152. The molecule has 0 bridgehead atoms. The Bertz CT molecular complexity index is 1290. The number of likely N-dealkylation sites (N-methyl/N-ethyl adjacent to an activating group) is 1. The second-order valence-electron chi connectivity index (χ2n) is 10.2. The van der Waals surface area contributed by atoms with Crippen LogP contribution in [0.25, 0.3) is 0 Å². The zero-order valence-electron chi connectivity index (χ0n) is 23.6. The van der Waals surface area contributed by atoms with Gasteiger partial charge in [0.25, 0.3) is 5.91 Å². The average Bonchev–Trinajstić information content (AvgIpc) is 2.95. The third kappa shape index (κ3) is 6.66. The number of anilines is 2. The Morgan fingerprint density at radius 1 is 1.02 bits per heavy atom. The standard InChI is InChI=1S/C32H38ClN3O4/c1-5-34(6-2)20-27(38)21-40-28-17-11-24(12-18-28)32(39)35-22(3)19-31(29-9-7-8-10-30(29)35)36(23(4)37)26-15-13-25(33)14-16-26/h7-18,22,27,31,38H,5-6,19-21H2,1-4H3. The molecule has 0 saturated heterocycles. The number of hydrogen-bond acceptors (Lipinski definition) is 5. The lowest BCUT2D eigenvalue weighted by Gasteiger charge is -2.43. The molecule has 1 N–H and O–H groups in total. The number of ether oxygens (including phenoxy) is 1. The molecule has 1 heterocycles. The number of benzene rings is 3. The highest BCUT2D eigenvalue weighted by Crippen LogP contribution is 2.43. The van der Waals surface area contributed by atoms with Crippen LogP contribution in [0.2, 0.25) is 5.02 Å². The van der Waals surface area contributed by atoms with Gasteiger partial charge < -0.3 is 24.5 Å². The maximum atomic E-state index is 13.8. The van der Waals surface area contributed by atoms with Gasteiger partial charge in [-0.15, -0.1) is 0 Å². The van der Waals surface area contributed by atoms with Crippen LogP contribution in [0.1, 0.15) is 56.1 Å². The molecule has 1 aliphatic rings. The number of para-hydroxylation sites is 1. The molecule has 0 aromatic heterocycles. The third-order valence-corrected chi connectivity index (χ3v) is 7.69.